The summed E-state index contributed by atoms with van der Waals surface area (Å²) in [6.07, 6.45) is 1.82. The van der Waals surface area contributed by atoms with E-state index in [0.717, 1.165) is 17.0 Å². The van der Waals surface area contributed by atoms with Crippen LogP contribution in [0.2, 0.25) is 0 Å². The van der Waals surface area contributed by atoms with Crippen LogP contribution >= 0.6 is 11.8 Å². The highest BCUT2D eigenvalue weighted by atomic mass is 32.2. The second-order valence-electron chi connectivity index (χ2n) is 4.39. The fourth-order valence-corrected chi connectivity index (χ4v) is 2.79. The summed E-state index contributed by atoms with van der Waals surface area (Å²) in [6, 6.07) is 18.5. The molecule has 0 aliphatic heterocycles. The van der Waals surface area contributed by atoms with Crippen LogP contribution in [0.25, 0.3) is 10.9 Å². The van der Waals surface area contributed by atoms with Crippen molar-refractivity contribution in [1.29, 1.82) is 0 Å². The van der Waals surface area contributed by atoms with Crippen molar-refractivity contribution in [2.45, 2.75) is 10.6 Å². The summed E-state index contributed by atoms with van der Waals surface area (Å²) >= 11 is 1.81. The molecule has 0 amide bonds. The lowest BCUT2D eigenvalue weighted by Crippen LogP contribution is -1.85. The Morgan fingerprint density at radius 2 is 1.84 bits per heavy atom. The Labute approximate surface area is 116 Å². The van der Waals surface area contributed by atoms with Gasteiger partial charge >= 0.3 is 0 Å². The maximum Gasteiger partial charge on any atom is 0.0702 e. The van der Waals surface area contributed by atoms with Crippen LogP contribution in [0, 0.1) is 0 Å². The first-order chi connectivity index (χ1) is 9.31. The number of thioether (sulfide) groups is 1. The quantitative estimate of drug-likeness (QED) is 0.573. The largest absolute Gasteiger partial charge is 0.399 e. The predicted molar refractivity (Wildman–Crippen MR) is 82.2 cm³/mol. The van der Waals surface area contributed by atoms with Gasteiger partial charge in [-0.1, -0.05) is 12.1 Å². The van der Waals surface area contributed by atoms with Crippen LogP contribution in [0.15, 0.2) is 65.7 Å². The molecule has 0 unspecified atom stereocenters. The number of benzene rings is 2. The first kappa shape index (κ1) is 12.1. The Morgan fingerprint density at radius 1 is 1.00 bits per heavy atom. The molecule has 1 heterocycles. The number of nitrogens with two attached hydrogens (primary N) is 1. The van der Waals surface area contributed by atoms with E-state index in [4.69, 9.17) is 5.73 Å². The molecule has 2 N–H and O–H groups in total. The lowest BCUT2D eigenvalue weighted by Gasteiger charge is -2.04. The van der Waals surface area contributed by atoms with Crippen molar-refractivity contribution in [3.8, 4) is 0 Å². The van der Waals surface area contributed by atoms with E-state index in [-0.39, 0.29) is 0 Å². The van der Waals surface area contributed by atoms with Gasteiger partial charge in [-0.15, -0.1) is 11.8 Å². The first-order valence-corrected chi connectivity index (χ1v) is 7.12. The van der Waals surface area contributed by atoms with Crippen molar-refractivity contribution in [1.82, 2.24) is 4.98 Å². The summed E-state index contributed by atoms with van der Waals surface area (Å²) < 4.78 is 0. The predicted octanol–water partition coefficient (Wildman–Crippen LogP) is 4.11. The smallest absolute Gasteiger partial charge is 0.0702 e. The number of aromatic nitrogens is 1. The lowest BCUT2D eigenvalue weighted by molar-refractivity contribution is 1.37. The molecule has 0 spiro atoms. The zero-order valence-electron chi connectivity index (χ0n) is 10.4. The Balaban J connectivity index is 1.76. The van der Waals surface area contributed by atoms with Gasteiger partial charge in [0, 0.05) is 27.9 Å². The van der Waals surface area contributed by atoms with Crippen LogP contribution < -0.4 is 5.73 Å². The monoisotopic (exact) mass is 266 g/mol. The topological polar surface area (TPSA) is 38.9 Å². The first-order valence-electron chi connectivity index (χ1n) is 6.13. The molecule has 0 atom stereocenters. The minimum Gasteiger partial charge on any atom is -0.399 e. The molecule has 3 heteroatoms. The third kappa shape index (κ3) is 2.88. The van der Waals surface area contributed by atoms with Crippen molar-refractivity contribution in [3.63, 3.8) is 0 Å². The molecule has 0 aliphatic carbocycles. The molecule has 1 aromatic heterocycles. The van der Waals surface area contributed by atoms with Gasteiger partial charge in [-0.05, 0) is 48.0 Å². The zero-order valence-corrected chi connectivity index (χ0v) is 11.2. The summed E-state index contributed by atoms with van der Waals surface area (Å²) in [5.41, 5.74) is 8.84. The van der Waals surface area contributed by atoms with Gasteiger partial charge in [0.05, 0.1) is 5.52 Å². The van der Waals surface area contributed by atoms with Crippen molar-refractivity contribution in [2.24, 2.45) is 0 Å². The molecular formula is C16H14N2S. The summed E-state index contributed by atoms with van der Waals surface area (Å²) in [5, 5.41) is 1.19. The van der Waals surface area contributed by atoms with Crippen LogP contribution in [0.1, 0.15) is 5.56 Å². The highest BCUT2D eigenvalue weighted by Gasteiger charge is 1.99. The Hall–Kier alpha value is -2.00. The number of rotatable bonds is 3. The third-order valence-corrected chi connectivity index (χ3v) is 4.04. The van der Waals surface area contributed by atoms with E-state index in [1.807, 2.05) is 36.2 Å². The highest BCUT2D eigenvalue weighted by Crippen LogP contribution is 2.25. The fraction of sp³-hybridized carbons (Fsp3) is 0.0625. The molecule has 3 aromatic rings. The van der Waals surface area contributed by atoms with Crippen LogP contribution in [0.5, 0.6) is 0 Å². The average Bonchev–Trinajstić information content (AvgIpc) is 2.46. The summed E-state index contributed by atoms with van der Waals surface area (Å²) in [4.78, 5) is 5.57. The van der Waals surface area contributed by atoms with Gasteiger partial charge in [0.2, 0.25) is 0 Å². The minimum atomic E-state index is 0.807. The molecule has 0 bridgehead atoms. The van der Waals surface area contributed by atoms with E-state index < -0.39 is 0 Å². The van der Waals surface area contributed by atoms with Crippen LogP contribution in [-0.4, -0.2) is 4.98 Å². The second kappa shape index (κ2) is 5.33. The van der Waals surface area contributed by atoms with Gasteiger partial charge in [-0.3, -0.25) is 4.98 Å². The molecule has 0 fully saturated rings. The fourth-order valence-electron chi connectivity index (χ4n) is 1.95. The Morgan fingerprint density at radius 3 is 2.68 bits per heavy atom. The number of hydrogen-bond donors (Lipinski definition) is 1. The van der Waals surface area contributed by atoms with E-state index in [1.165, 1.54) is 15.8 Å². The summed E-state index contributed by atoms with van der Waals surface area (Å²) in [5.74, 6) is 0.953. The zero-order chi connectivity index (χ0) is 13.1. The molecule has 2 aromatic carbocycles. The Kier molecular flexibility index (Phi) is 3.38. The van der Waals surface area contributed by atoms with Crippen molar-refractivity contribution in [2.75, 3.05) is 5.73 Å². The van der Waals surface area contributed by atoms with Crippen LogP contribution in [0.3, 0.4) is 0 Å². The number of nitrogen functional groups attached to an aromatic ring is 1. The van der Waals surface area contributed by atoms with Gasteiger partial charge in [0.25, 0.3) is 0 Å². The van der Waals surface area contributed by atoms with Crippen molar-refractivity contribution < 1.29 is 0 Å². The highest BCUT2D eigenvalue weighted by molar-refractivity contribution is 7.98. The van der Waals surface area contributed by atoms with E-state index in [2.05, 4.69) is 41.4 Å². The van der Waals surface area contributed by atoms with Crippen molar-refractivity contribution >= 4 is 28.4 Å². The molecule has 94 valence electrons. The van der Waals surface area contributed by atoms with E-state index in [1.54, 1.807) is 0 Å². The van der Waals surface area contributed by atoms with Gasteiger partial charge in [0.15, 0.2) is 0 Å². The normalized spacial score (nSPS) is 10.7. The Bertz CT molecular complexity index is 692. The number of hydrogen-bond acceptors (Lipinski definition) is 3. The number of nitrogens with zero attached hydrogens (tertiary/aromatic N) is 1. The molecular weight excluding hydrogens is 252 g/mol. The molecule has 0 saturated carbocycles. The maximum atomic E-state index is 5.68. The number of pyridine rings is 1. The van der Waals surface area contributed by atoms with Crippen molar-refractivity contribution in [3.05, 3.63) is 66.4 Å². The van der Waals surface area contributed by atoms with E-state index in [9.17, 15) is 0 Å². The third-order valence-electron chi connectivity index (χ3n) is 2.95. The molecule has 0 radical (unpaired) electrons. The summed E-state index contributed by atoms with van der Waals surface area (Å²) in [7, 11) is 0. The van der Waals surface area contributed by atoms with Gasteiger partial charge in [-0.25, -0.2) is 0 Å². The molecule has 0 aliphatic rings. The molecule has 2 nitrogen and oxygen atoms in total. The molecule has 0 saturated heterocycles. The minimum absolute atomic E-state index is 0.807. The van der Waals surface area contributed by atoms with Gasteiger partial charge in [-0.2, -0.15) is 0 Å². The lowest BCUT2D eigenvalue weighted by atomic mass is 10.1. The standard InChI is InChI=1S/C16H14N2S/c17-14-4-6-15(7-5-14)19-11-12-3-8-16-13(10-12)2-1-9-18-16/h1-10H,11,17H2. The number of anilines is 1. The van der Waals surface area contributed by atoms with E-state index >= 15 is 0 Å². The SMILES string of the molecule is Nc1ccc(SCc2ccc3ncccc3c2)cc1. The average molecular weight is 266 g/mol. The maximum absolute atomic E-state index is 5.68. The van der Waals surface area contributed by atoms with Crippen LogP contribution in [-0.2, 0) is 5.75 Å². The number of fused-ring (bicyclic) bond motifs is 1. The van der Waals surface area contributed by atoms with Gasteiger partial charge in [0.1, 0.15) is 0 Å². The van der Waals surface area contributed by atoms with Crippen LogP contribution in [0.4, 0.5) is 5.69 Å². The summed E-state index contributed by atoms with van der Waals surface area (Å²) in [6.45, 7) is 0. The molecule has 19 heavy (non-hydrogen) atoms. The second-order valence-corrected chi connectivity index (χ2v) is 5.44. The van der Waals surface area contributed by atoms with E-state index in [0.29, 0.717) is 0 Å². The molecule has 3 rings (SSSR count). The van der Waals surface area contributed by atoms with Gasteiger partial charge < -0.3 is 5.73 Å².